The van der Waals surface area contributed by atoms with Crippen LogP contribution >= 0.6 is 0 Å². The zero-order valence-electron chi connectivity index (χ0n) is 10.9. The van der Waals surface area contributed by atoms with E-state index in [1.165, 1.54) is 19.2 Å². The molecular weight excluding hydrogens is 253 g/mol. The van der Waals surface area contributed by atoms with Crippen LogP contribution in [0.1, 0.15) is 24.2 Å². The summed E-state index contributed by atoms with van der Waals surface area (Å²) in [5, 5.41) is 11.4. The van der Waals surface area contributed by atoms with Gasteiger partial charge in [0.2, 0.25) is 0 Å². The fraction of sp³-hybridized carbons (Fsp3) is 0.385. The number of carboxylic acid groups (broad SMARTS) is 1. The van der Waals surface area contributed by atoms with E-state index in [-0.39, 0.29) is 17.2 Å². The maximum absolute atomic E-state index is 13.2. The summed E-state index contributed by atoms with van der Waals surface area (Å²) in [5.74, 6) is -2.61. The number of hydrogen-bond donors (Lipinski definition) is 2. The first kappa shape index (κ1) is 14.9. The van der Waals surface area contributed by atoms with Crippen molar-refractivity contribution in [1.82, 2.24) is 5.32 Å². The normalized spacial score (nSPS) is 12.1. The number of amides is 1. The van der Waals surface area contributed by atoms with Crippen molar-refractivity contribution < 1.29 is 23.8 Å². The van der Waals surface area contributed by atoms with Gasteiger partial charge in [-0.2, -0.15) is 0 Å². The number of aliphatic carboxylic acids is 1. The molecule has 0 aliphatic heterocycles. The molecule has 1 rings (SSSR count). The van der Waals surface area contributed by atoms with Gasteiger partial charge in [0.1, 0.15) is 6.04 Å². The van der Waals surface area contributed by atoms with Gasteiger partial charge in [-0.25, -0.2) is 9.18 Å². The number of carbonyl (C=O) groups excluding carboxylic acids is 1. The molecule has 0 heterocycles. The predicted molar refractivity (Wildman–Crippen MR) is 66.7 cm³/mol. The lowest BCUT2D eigenvalue weighted by Crippen LogP contribution is -2.44. The van der Waals surface area contributed by atoms with E-state index in [4.69, 9.17) is 9.84 Å². The van der Waals surface area contributed by atoms with Gasteiger partial charge >= 0.3 is 5.97 Å². The van der Waals surface area contributed by atoms with E-state index in [1.54, 1.807) is 13.8 Å². The molecule has 6 heteroatoms. The van der Waals surface area contributed by atoms with Crippen LogP contribution in [0.15, 0.2) is 18.2 Å². The standard InChI is InChI=1S/C13H16FNO4/c1-7(2)11(13(17)18)15-12(16)8-4-5-9(14)10(6-8)19-3/h4-7,11H,1-3H3,(H,15,16)(H,17,18)/t11-/m1/s1. The Labute approximate surface area is 110 Å². The number of rotatable bonds is 5. The molecule has 1 atom stereocenters. The van der Waals surface area contributed by atoms with Crippen LogP contribution in [0.5, 0.6) is 5.75 Å². The molecule has 0 saturated carbocycles. The Hall–Kier alpha value is -2.11. The number of carboxylic acids is 1. The number of hydrogen-bond acceptors (Lipinski definition) is 3. The van der Waals surface area contributed by atoms with Crippen LogP contribution in [0.3, 0.4) is 0 Å². The molecule has 0 aliphatic rings. The Morgan fingerprint density at radius 3 is 2.47 bits per heavy atom. The molecule has 0 bridgehead atoms. The van der Waals surface area contributed by atoms with Crippen molar-refractivity contribution in [1.29, 1.82) is 0 Å². The molecule has 5 nitrogen and oxygen atoms in total. The highest BCUT2D eigenvalue weighted by molar-refractivity contribution is 5.97. The van der Waals surface area contributed by atoms with E-state index >= 15 is 0 Å². The highest BCUT2D eigenvalue weighted by Gasteiger charge is 2.24. The lowest BCUT2D eigenvalue weighted by Gasteiger charge is -2.18. The molecule has 1 aromatic carbocycles. The monoisotopic (exact) mass is 269 g/mol. The zero-order chi connectivity index (χ0) is 14.6. The van der Waals surface area contributed by atoms with E-state index in [0.29, 0.717) is 0 Å². The van der Waals surface area contributed by atoms with E-state index < -0.39 is 23.7 Å². The summed E-state index contributed by atoms with van der Waals surface area (Å²) < 4.78 is 18.0. The van der Waals surface area contributed by atoms with Gasteiger partial charge in [-0.05, 0) is 24.1 Å². The van der Waals surface area contributed by atoms with Gasteiger partial charge in [0.05, 0.1) is 7.11 Å². The van der Waals surface area contributed by atoms with Crippen molar-refractivity contribution in [2.75, 3.05) is 7.11 Å². The number of halogens is 1. The molecule has 104 valence electrons. The minimum absolute atomic E-state index is 0.0657. The minimum Gasteiger partial charge on any atom is -0.494 e. The summed E-state index contributed by atoms with van der Waals surface area (Å²) in [6.07, 6.45) is 0. The quantitative estimate of drug-likeness (QED) is 0.852. The third kappa shape index (κ3) is 3.67. The number of benzene rings is 1. The smallest absolute Gasteiger partial charge is 0.326 e. The Kier molecular flexibility index (Phi) is 4.86. The van der Waals surface area contributed by atoms with Crippen molar-refractivity contribution in [3.63, 3.8) is 0 Å². The van der Waals surface area contributed by atoms with Gasteiger partial charge in [-0.1, -0.05) is 13.8 Å². The third-order valence-electron chi connectivity index (χ3n) is 2.63. The van der Waals surface area contributed by atoms with Gasteiger partial charge < -0.3 is 15.2 Å². The fourth-order valence-corrected chi connectivity index (χ4v) is 1.54. The topological polar surface area (TPSA) is 75.6 Å². The molecule has 0 aliphatic carbocycles. The molecule has 1 aromatic rings. The second-order valence-corrected chi connectivity index (χ2v) is 4.38. The SMILES string of the molecule is COc1cc(C(=O)N[C@@H](C(=O)O)C(C)C)ccc1F. The second kappa shape index (κ2) is 6.17. The zero-order valence-corrected chi connectivity index (χ0v) is 10.9. The second-order valence-electron chi connectivity index (χ2n) is 4.38. The predicted octanol–water partition coefficient (Wildman–Crippen LogP) is 1.67. The van der Waals surface area contributed by atoms with Crippen LogP contribution < -0.4 is 10.1 Å². The van der Waals surface area contributed by atoms with Crippen molar-refractivity contribution in [2.24, 2.45) is 5.92 Å². The molecule has 0 aromatic heterocycles. The van der Waals surface area contributed by atoms with Crippen LogP contribution in [-0.2, 0) is 4.79 Å². The maximum Gasteiger partial charge on any atom is 0.326 e. The number of nitrogens with one attached hydrogen (secondary N) is 1. The minimum atomic E-state index is -1.11. The van der Waals surface area contributed by atoms with E-state index in [9.17, 15) is 14.0 Å². The van der Waals surface area contributed by atoms with E-state index in [2.05, 4.69) is 5.32 Å². The average molecular weight is 269 g/mol. The van der Waals surface area contributed by atoms with Gasteiger partial charge in [0, 0.05) is 5.56 Å². The molecule has 0 unspecified atom stereocenters. The molecule has 19 heavy (non-hydrogen) atoms. The van der Waals surface area contributed by atoms with Gasteiger partial charge in [-0.3, -0.25) is 4.79 Å². The highest BCUT2D eigenvalue weighted by atomic mass is 19.1. The van der Waals surface area contributed by atoms with Gasteiger partial charge in [-0.15, -0.1) is 0 Å². The Balaban J connectivity index is 2.91. The van der Waals surface area contributed by atoms with Crippen molar-refractivity contribution in [3.8, 4) is 5.75 Å². The van der Waals surface area contributed by atoms with E-state index in [1.807, 2.05) is 0 Å². The summed E-state index contributed by atoms with van der Waals surface area (Å²) in [6.45, 7) is 3.37. The van der Waals surface area contributed by atoms with Crippen LogP contribution in [-0.4, -0.2) is 30.1 Å². The summed E-state index contributed by atoms with van der Waals surface area (Å²) in [7, 11) is 1.29. The first-order valence-corrected chi connectivity index (χ1v) is 5.74. The molecular formula is C13H16FNO4. The first-order chi connectivity index (χ1) is 8.86. The van der Waals surface area contributed by atoms with Crippen LogP contribution in [0.2, 0.25) is 0 Å². The van der Waals surface area contributed by atoms with Crippen LogP contribution in [0, 0.1) is 11.7 Å². The third-order valence-corrected chi connectivity index (χ3v) is 2.63. The van der Waals surface area contributed by atoms with Crippen LogP contribution in [0.4, 0.5) is 4.39 Å². The average Bonchev–Trinajstić information content (AvgIpc) is 2.35. The molecule has 0 fully saturated rings. The van der Waals surface area contributed by atoms with Gasteiger partial charge in [0.15, 0.2) is 11.6 Å². The molecule has 0 saturated heterocycles. The lowest BCUT2D eigenvalue weighted by molar-refractivity contribution is -0.140. The number of methoxy groups -OCH3 is 1. The number of ether oxygens (including phenoxy) is 1. The van der Waals surface area contributed by atoms with Crippen molar-refractivity contribution >= 4 is 11.9 Å². The molecule has 0 radical (unpaired) electrons. The Bertz CT molecular complexity index is 488. The molecule has 1 amide bonds. The van der Waals surface area contributed by atoms with E-state index in [0.717, 1.165) is 6.07 Å². The summed E-state index contributed by atoms with van der Waals surface area (Å²) in [6, 6.07) is 2.60. The van der Waals surface area contributed by atoms with Crippen molar-refractivity contribution in [2.45, 2.75) is 19.9 Å². The maximum atomic E-state index is 13.2. The largest absolute Gasteiger partial charge is 0.494 e. The van der Waals surface area contributed by atoms with Crippen LogP contribution in [0.25, 0.3) is 0 Å². The summed E-state index contributed by atoms with van der Waals surface area (Å²) in [5.41, 5.74) is 0.144. The van der Waals surface area contributed by atoms with Gasteiger partial charge in [0.25, 0.3) is 5.91 Å². The fourth-order valence-electron chi connectivity index (χ4n) is 1.54. The molecule has 2 N–H and O–H groups in total. The summed E-state index contributed by atoms with van der Waals surface area (Å²) in [4.78, 5) is 22.9. The van der Waals surface area contributed by atoms with Crippen molar-refractivity contribution in [3.05, 3.63) is 29.6 Å². The first-order valence-electron chi connectivity index (χ1n) is 5.74. The number of carbonyl (C=O) groups is 2. The summed E-state index contributed by atoms with van der Waals surface area (Å²) >= 11 is 0. The molecule has 0 spiro atoms. The lowest BCUT2D eigenvalue weighted by atomic mass is 10.0. The highest BCUT2D eigenvalue weighted by Crippen LogP contribution is 2.18. The Morgan fingerprint density at radius 1 is 1.37 bits per heavy atom. The Morgan fingerprint density at radius 2 is 2.00 bits per heavy atom.